The van der Waals surface area contributed by atoms with Crippen LogP contribution >= 0.6 is 23.2 Å². The molecule has 5 saturated carbocycles. The SMILES string of the molecule is CC(C)(C)[Si](C)(C)O[C@H]1CC[C@H]2[C@@H]3CC[C@]45CC6(CC[C@@]4([C@H]3CC[C@]12C)C5(Cl)Cl)OCCO6. The molecule has 0 aromatic heterocycles. The number of rotatable bonds is 2. The molecular formula is C27H44Cl2O3Si. The predicted molar refractivity (Wildman–Crippen MR) is 136 cm³/mol. The fourth-order valence-electron chi connectivity index (χ4n) is 9.68. The standard InChI is InChI=1S/C27H44Cl2O3Si/c1-22(2,3)33(5,6)32-21-8-7-19-18-9-12-24-17-25(30-15-16-31-25)13-14-26(24,27(24,28)29)20(18)10-11-23(19,21)4/h18-21H,7-17H2,1-6H3/t18-,19-,20-,21-,23-,24-,26-/m0/s1. The Hall–Kier alpha value is 0.677. The Labute approximate surface area is 212 Å². The number of ether oxygens (including phenoxy) is 2. The van der Waals surface area contributed by atoms with Crippen LogP contribution in [0.15, 0.2) is 0 Å². The van der Waals surface area contributed by atoms with Gasteiger partial charge in [0.25, 0.3) is 0 Å². The highest BCUT2D eigenvalue weighted by Crippen LogP contribution is 2.92. The molecule has 6 aliphatic rings. The molecule has 6 rings (SSSR count). The third-order valence-electron chi connectivity index (χ3n) is 12.4. The zero-order chi connectivity index (χ0) is 23.7. The lowest BCUT2D eigenvalue weighted by atomic mass is 9.50. The van der Waals surface area contributed by atoms with Gasteiger partial charge in [0, 0.05) is 23.7 Å². The molecule has 1 heterocycles. The van der Waals surface area contributed by atoms with Crippen LogP contribution in [-0.4, -0.2) is 37.8 Å². The Bertz CT molecular complexity index is 834. The molecule has 7 atom stereocenters. The van der Waals surface area contributed by atoms with E-state index in [1.54, 1.807) is 0 Å². The maximum absolute atomic E-state index is 7.33. The first-order valence-corrected chi connectivity index (χ1v) is 17.3. The van der Waals surface area contributed by atoms with Gasteiger partial charge in [-0.15, -0.1) is 23.2 Å². The summed E-state index contributed by atoms with van der Waals surface area (Å²) in [5, 5.41) is 0.259. The second-order valence-electron chi connectivity index (χ2n) is 14.3. The van der Waals surface area contributed by atoms with Crippen LogP contribution in [0.5, 0.6) is 0 Å². The number of halogens is 2. The fraction of sp³-hybridized carbons (Fsp3) is 1.00. The minimum Gasteiger partial charge on any atom is -0.413 e. The van der Waals surface area contributed by atoms with Crippen molar-refractivity contribution in [3.8, 4) is 0 Å². The Morgan fingerprint density at radius 3 is 2.24 bits per heavy atom. The Kier molecular flexibility index (Phi) is 5.06. The molecule has 3 nitrogen and oxygen atoms in total. The van der Waals surface area contributed by atoms with Crippen molar-refractivity contribution in [3.63, 3.8) is 0 Å². The van der Waals surface area contributed by atoms with Gasteiger partial charge in [-0.3, -0.25) is 0 Å². The third-order valence-corrected chi connectivity index (χ3v) is 18.3. The van der Waals surface area contributed by atoms with E-state index in [1.807, 2.05) is 0 Å². The van der Waals surface area contributed by atoms with Crippen LogP contribution in [0.3, 0.4) is 0 Å². The second kappa shape index (κ2) is 6.95. The molecule has 33 heavy (non-hydrogen) atoms. The zero-order valence-corrected chi connectivity index (χ0v) is 24.1. The topological polar surface area (TPSA) is 27.7 Å². The third kappa shape index (κ3) is 2.81. The Morgan fingerprint density at radius 2 is 1.58 bits per heavy atom. The number of fused-ring (bicyclic) bond motifs is 3. The molecule has 6 heteroatoms. The van der Waals surface area contributed by atoms with Crippen LogP contribution < -0.4 is 0 Å². The monoisotopic (exact) mass is 514 g/mol. The molecule has 5 aliphatic carbocycles. The van der Waals surface area contributed by atoms with Crippen LogP contribution in [0, 0.1) is 34.0 Å². The van der Waals surface area contributed by atoms with E-state index in [4.69, 9.17) is 37.1 Å². The van der Waals surface area contributed by atoms with Crippen LogP contribution in [0.2, 0.25) is 18.1 Å². The van der Waals surface area contributed by atoms with Crippen molar-refractivity contribution in [1.29, 1.82) is 0 Å². The van der Waals surface area contributed by atoms with Gasteiger partial charge in [-0.25, -0.2) is 0 Å². The van der Waals surface area contributed by atoms with Crippen molar-refractivity contribution < 1.29 is 13.9 Å². The first-order valence-electron chi connectivity index (χ1n) is 13.6. The maximum atomic E-state index is 7.33. The van der Waals surface area contributed by atoms with Crippen molar-refractivity contribution >= 4 is 31.5 Å². The van der Waals surface area contributed by atoms with E-state index < -0.39 is 18.4 Å². The molecule has 0 amide bonds. The van der Waals surface area contributed by atoms with E-state index in [-0.39, 0.29) is 15.9 Å². The van der Waals surface area contributed by atoms with Gasteiger partial charge in [-0.05, 0) is 86.2 Å². The van der Waals surface area contributed by atoms with Gasteiger partial charge < -0.3 is 13.9 Å². The van der Waals surface area contributed by atoms with Crippen molar-refractivity contribution in [1.82, 2.24) is 0 Å². The minimum absolute atomic E-state index is 0.0176. The Morgan fingerprint density at radius 1 is 0.879 bits per heavy atom. The smallest absolute Gasteiger partial charge is 0.192 e. The minimum atomic E-state index is -1.78. The average molecular weight is 516 g/mol. The van der Waals surface area contributed by atoms with Crippen LogP contribution in [0.1, 0.15) is 85.5 Å². The quantitative estimate of drug-likeness (QED) is 0.279. The normalized spacial score (nSPS) is 49.8. The molecule has 1 aliphatic heterocycles. The van der Waals surface area contributed by atoms with Crippen molar-refractivity contribution in [2.75, 3.05) is 13.2 Å². The Balaban J connectivity index is 1.27. The molecule has 1 spiro atoms. The van der Waals surface area contributed by atoms with E-state index in [9.17, 15) is 0 Å². The van der Waals surface area contributed by atoms with E-state index in [0.717, 1.165) is 37.5 Å². The fourth-order valence-corrected chi connectivity index (χ4v) is 12.5. The molecule has 0 unspecified atom stereocenters. The first kappa shape index (κ1) is 24.0. The number of hydrogen-bond acceptors (Lipinski definition) is 3. The van der Waals surface area contributed by atoms with Gasteiger partial charge in [0.2, 0.25) is 0 Å². The van der Waals surface area contributed by atoms with E-state index in [2.05, 4.69) is 40.8 Å². The maximum Gasteiger partial charge on any atom is 0.192 e. The number of alkyl halides is 2. The summed E-state index contributed by atoms with van der Waals surface area (Å²) in [6, 6.07) is 0. The van der Waals surface area contributed by atoms with E-state index in [1.165, 1.54) is 32.1 Å². The lowest BCUT2D eigenvalue weighted by Crippen LogP contribution is -2.54. The lowest BCUT2D eigenvalue weighted by Gasteiger charge is -2.56. The molecule has 0 aromatic carbocycles. The van der Waals surface area contributed by atoms with Crippen molar-refractivity contribution in [3.05, 3.63) is 0 Å². The van der Waals surface area contributed by atoms with Gasteiger partial charge in [-0.2, -0.15) is 0 Å². The summed E-state index contributed by atoms with van der Waals surface area (Å²) in [5.74, 6) is 1.71. The average Bonchev–Trinajstić information content (AvgIpc) is 3.07. The summed E-state index contributed by atoms with van der Waals surface area (Å²) < 4.78 is 18.8. The molecule has 0 aromatic rings. The summed E-state index contributed by atoms with van der Waals surface area (Å²) in [6.45, 7) is 15.9. The number of hydrogen-bond donors (Lipinski definition) is 0. The van der Waals surface area contributed by atoms with Gasteiger partial charge >= 0.3 is 0 Å². The van der Waals surface area contributed by atoms with Gasteiger partial charge in [0.05, 0.1) is 19.3 Å². The summed E-state index contributed by atoms with van der Waals surface area (Å²) in [7, 11) is -1.78. The summed E-state index contributed by atoms with van der Waals surface area (Å²) >= 11 is 14.7. The lowest BCUT2D eigenvalue weighted by molar-refractivity contribution is -0.210. The molecule has 0 radical (unpaired) electrons. The van der Waals surface area contributed by atoms with Crippen LogP contribution in [0.25, 0.3) is 0 Å². The highest BCUT2D eigenvalue weighted by molar-refractivity contribution is 6.74. The molecule has 188 valence electrons. The van der Waals surface area contributed by atoms with Crippen molar-refractivity contribution in [2.24, 2.45) is 34.0 Å². The highest BCUT2D eigenvalue weighted by Gasteiger charge is 2.91. The molecule has 0 bridgehead atoms. The van der Waals surface area contributed by atoms with Crippen LogP contribution in [0.4, 0.5) is 0 Å². The molecule has 6 fully saturated rings. The first-order chi connectivity index (χ1) is 15.3. The van der Waals surface area contributed by atoms with Crippen LogP contribution in [-0.2, 0) is 13.9 Å². The molecular weight excluding hydrogens is 471 g/mol. The molecule has 1 saturated heterocycles. The van der Waals surface area contributed by atoms with Gasteiger partial charge in [0.1, 0.15) is 4.33 Å². The summed E-state index contributed by atoms with van der Waals surface area (Å²) in [6.07, 6.45) is 10.8. The largest absolute Gasteiger partial charge is 0.413 e. The summed E-state index contributed by atoms with van der Waals surface area (Å²) in [5.41, 5.74) is 0.347. The highest BCUT2D eigenvalue weighted by atomic mass is 35.5. The zero-order valence-electron chi connectivity index (χ0n) is 21.6. The summed E-state index contributed by atoms with van der Waals surface area (Å²) in [4.78, 5) is 0. The van der Waals surface area contributed by atoms with E-state index in [0.29, 0.717) is 30.7 Å². The predicted octanol–water partition coefficient (Wildman–Crippen LogP) is 7.70. The molecule has 0 N–H and O–H groups in total. The van der Waals surface area contributed by atoms with Gasteiger partial charge in [-0.1, -0.05) is 27.7 Å². The van der Waals surface area contributed by atoms with Gasteiger partial charge in [0.15, 0.2) is 14.1 Å². The second-order valence-corrected chi connectivity index (χ2v) is 20.4. The van der Waals surface area contributed by atoms with Crippen molar-refractivity contribution in [2.45, 2.75) is 120 Å². The van der Waals surface area contributed by atoms with E-state index >= 15 is 0 Å².